The molecule has 1 N–H and O–H groups in total. The third-order valence-electron chi connectivity index (χ3n) is 2.89. The Hall–Kier alpha value is -2.98. The first-order chi connectivity index (χ1) is 10.2. The summed E-state index contributed by atoms with van der Waals surface area (Å²) < 4.78 is 23.6. The number of halogens is 1. The lowest BCUT2D eigenvalue weighted by atomic mass is 10.2. The van der Waals surface area contributed by atoms with E-state index in [-0.39, 0.29) is 11.3 Å². The van der Waals surface area contributed by atoms with Crippen molar-refractivity contribution in [1.82, 2.24) is 4.98 Å². The molecule has 1 aliphatic heterocycles. The molecule has 0 aliphatic carbocycles. The van der Waals surface area contributed by atoms with Crippen molar-refractivity contribution in [3.63, 3.8) is 0 Å². The molecule has 5 nitrogen and oxygen atoms in total. The zero-order chi connectivity index (χ0) is 14.8. The number of fused-ring (bicyclic) bond motifs is 1. The van der Waals surface area contributed by atoms with Gasteiger partial charge in [0.2, 0.25) is 0 Å². The number of nitrogens with zero attached hydrogens (tertiary/aromatic N) is 1. The number of pyridine rings is 1. The van der Waals surface area contributed by atoms with Gasteiger partial charge in [-0.15, -0.1) is 0 Å². The lowest BCUT2D eigenvalue weighted by Gasteiger charge is -2.09. The largest absolute Gasteiger partial charge is 0.465 e. The molecule has 0 atom stereocenters. The van der Waals surface area contributed by atoms with E-state index in [2.05, 4.69) is 21.2 Å². The van der Waals surface area contributed by atoms with Gasteiger partial charge in [0.15, 0.2) is 11.3 Å². The molecule has 0 spiro atoms. The predicted octanol–water partition coefficient (Wildman–Crippen LogP) is 3.00. The molecule has 104 valence electrons. The first-order valence-electron chi connectivity index (χ1n) is 6.08. The molecular weight excluding hydrogens is 275 g/mol. The number of esters is 1. The van der Waals surface area contributed by atoms with Crippen molar-refractivity contribution < 1.29 is 18.7 Å². The van der Waals surface area contributed by atoms with Gasteiger partial charge in [0, 0.05) is 6.07 Å². The second kappa shape index (κ2) is 5.19. The van der Waals surface area contributed by atoms with Crippen LogP contribution in [0.1, 0.15) is 15.9 Å². The Morgan fingerprint density at radius 2 is 2.24 bits per heavy atom. The Bertz CT molecular complexity index is 744. The maximum absolute atomic E-state index is 13.4. The average molecular weight is 285 g/mol. The summed E-state index contributed by atoms with van der Waals surface area (Å²) in [7, 11) is 1.25. The highest BCUT2D eigenvalue weighted by Gasteiger charge is 2.20. The summed E-state index contributed by atoms with van der Waals surface area (Å²) in [4.78, 5) is 15.8. The molecule has 0 radical (unpaired) electrons. The van der Waals surface area contributed by atoms with Crippen molar-refractivity contribution >= 4 is 17.9 Å². The molecule has 0 fully saturated rings. The maximum Gasteiger partial charge on any atom is 0.341 e. The molecule has 2 heterocycles. The number of hydrogen-bond acceptors (Lipinski definition) is 5. The molecule has 2 aromatic rings. The highest BCUT2D eigenvalue weighted by atomic mass is 19.1. The zero-order valence-corrected chi connectivity index (χ0v) is 11.0. The van der Waals surface area contributed by atoms with Crippen LogP contribution in [0.5, 0.6) is 11.5 Å². The number of carbonyl (C=O) groups is 1. The number of ether oxygens (including phenoxy) is 2. The molecule has 0 saturated carbocycles. The third kappa shape index (κ3) is 2.52. The van der Waals surface area contributed by atoms with E-state index in [9.17, 15) is 9.18 Å². The minimum Gasteiger partial charge on any atom is -0.465 e. The second-order valence-electron chi connectivity index (χ2n) is 4.26. The van der Waals surface area contributed by atoms with E-state index in [1.54, 1.807) is 12.1 Å². The van der Waals surface area contributed by atoms with Crippen LogP contribution in [0.25, 0.3) is 6.08 Å². The number of benzene rings is 1. The van der Waals surface area contributed by atoms with Gasteiger partial charge in [-0.1, -0.05) is 0 Å². The van der Waals surface area contributed by atoms with Crippen molar-refractivity contribution in [2.45, 2.75) is 0 Å². The molecule has 1 aliphatic rings. The van der Waals surface area contributed by atoms with Crippen molar-refractivity contribution in [2.75, 3.05) is 12.4 Å². The molecule has 0 amide bonds. The van der Waals surface area contributed by atoms with E-state index < -0.39 is 11.8 Å². The quantitative estimate of drug-likeness (QED) is 0.694. The first kappa shape index (κ1) is 13.0. The molecule has 6 heteroatoms. The molecule has 1 aromatic carbocycles. The molecule has 1 aromatic heterocycles. The van der Waals surface area contributed by atoms with E-state index >= 15 is 0 Å². The Morgan fingerprint density at radius 1 is 1.38 bits per heavy atom. The number of anilines is 1. The Kier molecular flexibility index (Phi) is 3.22. The van der Waals surface area contributed by atoms with Gasteiger partial charge < -0.3 is 9.47 Å². The van der Waals surface area contributed by atoms with E-state index in [1.807, 2.05) is 0 Å². The number of nitrogens with one attached hydrogen (secondary N) is 1. The van der Waals surface area contributed by atoms with Crippen LogP contribution in [-0.4, -0.2) is 18.1 Å². The molecule has 0 unspecified atom stereocenters. The third-order valence-corrected chi connectivity index (χ3v) is 2.89. The number of rotatable bonds is 3. The van der Waals surface area contributed by atoms with Crippen LogP contribution < -0.4 is 10.1 Å². The molecular formula is C15H10FN2O3+. The van der Waals surface area contributed by atoms with Crippen LogP contribution in [0.2, 0.25) is 0 Å². The normalized spacial score (nSPS) is 11.3. The Morgan fingerprint density at radius 3 is 3.05 bits per heavy atom. The van der Waals surface area contributed by atoms with Crippen LogP contribution in [0.15, 0.2) is 30.5 Å². The SMILES string of the molecule is COC(=O)c1ccc(F)cc1Oc1cnc2c(c1)C=[C+]N2. The number of hydrogen-bond donors (Lipinski definition) is 1. The van der Waals surface area contributed by atoms with Crippen LogP contribution in [-0.2, 0) is 4.74 Å². The molecule has 21 heavy (non-hydrogen) atoms. The fraction of sp³-hybridized carbons (Fsp3) is 0.0667. The average Bonchev–Trinajstić information content (AvgIpc) is 2.94. The fourth-order valence-corrected chi connectivity index (χ4v) is 1.90. The van der Waals surface area contributed by atoms with Gasteiger partial charge in [-0.3, -0.25) is 0 Å². The fourth-order valence-electron chi connectivity index (χ4n) is 1.90. The van der Waals surface area contributed by atoms with Gasteiger partial charge in [0.1, 0.15) is 29.4 Å². The van der Waals surface area contributed by atoms with Crippen LogP contribution in [0.3, 0.4) is 0 Å². The summed E-state index contributed by atoms with van der Waals surface area (Å²) in [6.07, 6.45) is 5.98. The van der Waals surface area contributed by atoms with Crippen molar-refractivity contribution in [3.05, 3.63) is 53.6 Å². The van der Waals surface area contributed by atoms with Gasteiger partial charge in [0.25, 0.3) is 5.82 Å². The van der Waals surface area contributed by atoms with Crippen LogP contribution >= 0.6 is 0 Å². The van der Waals surface area contributed by atoms with E-state index in [1.165, 1.54) is 25.4 Å². The second-order valence-corrected chi connectivity index (χ2v) is 4.26. The summed E-state index contributed by atoms with van der Waals surface area (Å²) in [5, 5.41) is 2.83. The lowest BCUT2D eigenvalue weighted by molar-refractivity contribution is 0.0598. The van der Waals surface area contributed by atoms with Gasteiger partial charge in [-0.25, -0.2) is 9.18 Å². The van der Waals surface area contributed by atoms with Gasteiger partial charge >= 0.3 is 5.97 Å². The van der Waals surface area contributed by atoms with Crippen molar-refractivity contribution in [3.8, 4) is 11.5 Å². The van der Waals surface area contributed by atoms with Crippen molar-refractivity contribution in [1.29, 1.82) is 0 Å². The van der Waals surface area contributed by atoms with Crippen LogP contribution in [0, 0.1) is 12.0 Å². The zero-order valence-electron chi connectivity index (χ0n) is 11.0. The number of methoxy groups -OCH3 is 1. The molecule has 3 rings (SSSR count). The highest BCUT2D eigenvalue weighted by Crippen LogP contribution is 2.30. The minimum atomic E-state index is -0.603. The predicted molar refractivity (Wildman–Crippen MR) is 73.4 cm³/mol. The summed E-state index contributed by atoms with van der Waals surface area (Å²) in [5.74, 6) is -0.000708. The van der Waals surface area contributed by atoms with Gasteiger partial charge in [-0.05, 0) is 12.1 Å². The van der Waals surface area contributed by atoms with Crippen LogP contribution in [0.4, 0.5) is 10.2 Å². The Labute approximate surface area is 120 Å². The topological polar surface area (TPSA) is 60.5 Å². The van der Waals surface area contributed by atoms with E-state index in [0.29, 0.717) is 11.6 Å². The van der Waals surface area contributed by atoms with E-state index in [4.69, 9.17) is 4.74 Å². The maximum atomic E-state index is 13.4. The van der Waals surface area contributed by atoms with Gasteiger partial charge in [0.05, 0.1) is 19.4 Å². The summed E-state index contributed by atoms with van der Waals surface area (Å²) in [6.45, 7) is 0. The van der Waals surface area contributed by atoms with Crippen molar-refractivity contribution in [2.24, 2.45) is 0 Å². The number of aromatic nitrogens is 1. The Balaban J connectivity index is 1.95. The molecule has 0 saturated heterocycles. The smallest absolute Gasteiger partial charge is 0.341 e. The number of carbonyl (C=O) groups excluding carboxylic acids is 1. The standard InChI is InChI=1S/C15H10FN2O3/c1-20-15(19)12-3-2-10(16)7-13(12)21-11-6-9-4-5-17-14(9)18-8-11/h2-4,6-8H,1H3,(H,17,18)/q+1. The summed E-state index contributed by atoms with van der Waals surface area (Å²) in [6, 6.07) is 5.31. The van der Waals surface area contributed by atoms with E-state index in [0.717, 1.165) is 11.6 Å². The summed E-state index contributed by atoms with van der Waals surface area (Å²) in [5.41, 5.74) is 0.933. The first-order valence-corrected chi connectivity index (χ1v) is 6.08. The van der Waals surface area contributed by atoms with Gasteiger partial charge in [-0.2, -0.15) is 10.3 Å². The lowest BCUT2D eigenvalue weighted by Crippen LogP contribution is -2.04. The molecule has 0 bridgehead atoms. The summed E-state index contributed by atoms with van der Waals surface area (Å²) >= 11 is 0. The monoisotopic (exact) mass is 285 g/mol. The minimum absolute atomic E-state index is 0.0718. The highest BCUT2D eigenvalue weighted by molar-refractivity contribution is 5.92.